The van der Waals surface area contributed by atoms with Crippen molar-refractivity contribution in [3.8, 4) is 11.3 Å². The highest BCUT2D eigenvalue weighted by atomic mass is 35.5. The van der Waals surface area contributed by atoms with Gasteiger partial charge in [-0.15, -0.1) is 0 Å². The smallest absolute Gasteiger partial charge is 0.263 e. The van der Waals surface area contributed by atoms with E-state index in [4.69, 9.17) is 16.1 Å². The van der Waals surface area contributed by atoms with Gasteiger partial charge in [-0.2, -0.15) is 4.98 Å². The van der Waals surface area contributed by atoms with Crippen molar-refractivity contribution in [2.75, 3.05) is 25.0 Å². The first-order valence-corrected chi connectivity index (χ1v) is 11.4. The summed E-state index contributed by atoms with van der Waals surface area (Å²) in [7, 11) is 0. The maximum atomic E-state index is 6.04. The van der Waals surface area contributed by atoms with E-state index in [9.17, 15) is 0 Å². The maximum Gasteiger partial charge on any atom is 0.263 e. The van der Waals surface area contributed by atoms with Crippen molar-refractivity contribution in [1.82, 2.24) is 20.0 Å². The molecule has 164 valence electrons. The molecule has 2 aromatic heterocycles. The normalized spacial score (nSPS) is 15.3. The zero-order valence-corrected chi connectivity index (χ0v) is 18.8. The number of rotatable bonds is 6. The number of aryl methyl sites for hydroxylation is 1. The molecule has 2 aromatic carbocycles. The second-order valence-electron chi connectivity index (χ2n) is 8.53. The number of fused-ring (bicyclic) bond motifs is 1. The molecule has 0 amide bonds. The quantitative estimate of drug-likeness (QED) is 0.416. The molecule has 0 unspecified atom stereocenters. The summed E-state index contributed by atoms with van der Waals surface area (Å²) < 4.78 is 5.46. The number of anilines is 1. The van der Waals surface area contributed by atoms with E-state index in [0.29, 0.717) is 16.7 Å². The first-order chi connectivity index (χ1) is 15.7. The lowest BCUT2D eigenvalue weighted by Crippen LogP contribution is -2.35. The minimum atomic E-state index is 0.487. The van der Waals surface area contributed by atoms with Gasteiger partial charge in [0, 0.05) is 23.7 Å². The van der Waals surface area contributed by atoms with Crippen molar-refractivity contribution in [3.63, 3.8) is 0 Å². The SMILES string of the molecule is Cc1cccc(CN2CCC(CNc3ncnc4onc(-c5ccc(Cl)cc5)c34)CC2)c1. The first kappa shape index (κ1) is 20.9. The summed E-state index contributed by atoms with van der Waals surface area (Å²) in [6, 6.07) is 16.4. The zero-order chi connectivity index (χ0) is 21.9. The van der Waals surface area contributed by atoms with Gasteiger partial charge in [0.25, 0.3) is 5.71 Å². The third-order valence-corrected chi connectivity index (χ3v) is 6.40. The Morgan fingerprint density at radius 1 is 1.09 bits per heavy atom. The second-order valence-corrected chi connectivity index (χ2v) is 8.97. The summed E-state index contributed by atoms with van der Waals surface area (Å²) in [5.41, 5.74) is 4.86. The molecule has 0 radical (unpaired) electrons. The van der Waals surface area contributed by atoms with Gasteiger partial charge >= 0.3 is 0 Å². The molecule has 1 aliphatic rings. The van der Waals surface area contributed by atoms with Crippen LogP contribution in [0.15, 0.2) is 59.4 Å². The van der Waals surface area contributed by atoms with Crippen LogP contribution in [0, 0.1) is 12.8 Å². The minimum Gasteiger partial charge on any atom is -0.369 e. The van der Waals surface area contributed by atoms with Crippen molar-refractivity contribution in [3.05, 3.63) is 71.0 Å². The van der Waals surface area contributed by atoms with E-state index in [1.807, 2.05) is 24.3 Å². The molecule has 5 rings (SSSR count). The number of hydrogen-bond donors (Lipinski definition) is 1. The van der Waals surface area contributed by atoms with Gasteiger partial charge in [0.15, 0.2) is 0 Å². The lowest BCUT2D eigenvalue weighted by molar-refractivity contribution is 0.182. The molecular formula is C25H26ClN5O. The highest BCUT2D eigenvalue weighted by molar-refractivity contribution is 6.30. The fourth-order valence-corrected chi connectivity index (χ4v) is 4.51. The number of halogens is 1. The van der Waals surface area contributed by atoms with Crippen molar-refractivity contribution >= 4 is 28.5 Å². The lowest BCUT2D eigenvalue weighted by atomic mass is 9.96. The number of aromatic nitrogens is 3. The molecule has 0 saturated carbocycles. The van der Waals surface area contributed by atoms with Crippen molar-refractivity contribution < 1.29 is 4.52 Å². The highest BCUT2D eigenvalue weighted by Gasteiger charge is 2.21. The molecular weight excluding hydrogens is 422 g/mol. The molecule has 3 heterocycles. The van der Waals surface area contributed by atoms with E-state index < -0.39 is 0 Å². The third-order valence-electron chi connectivity index (χ3n) is 6.14. The van der Waals surface area contributed by atoms with Crippen LogP contribution in [0.25, 0.3) is 22.4 Å². The van der Waals surface area contributed by atoms with Crippen LogP contribution in [-0.4, -0.2) is 39.7 Å². The molecule has 0 spiro atoms. The summed E-state index contributed by atoms with van der Waals surface area (Å²) in [5, 5.41) is 9.28. The Labute approximate surface area is 192 Å². The molecule has 4 aromatic rings. The minimum absolute atomic E-state index is 0.487. The van der Waals surface area contributed by atoms with Crippen LogP contribution in [0.4, 0.5) is 5.82 Å². The Morgan fingerprint density at radius 3 is 2.69 bits per heavy atom. The topological polar surface area (TPSA) is 67.1 Å². The van der Waals surface area contributed by atoms with Gasteiger partial charge < -0.3 is 9.84 Å². The van der Waals surface area contributed by atoms with E-state index >= 15 is 0 Å². The van der Waals surface area contributed by atoms with E-state index in [-0.39, 0.29) is 0 Å². The predicted octanol–water partition coefficient (Wildman–Crippen LogP) is 5.57. The molecule has 32 heavy (non-hydrogen) atoms. The van der Waals surface area contributed by atoms with Crippen LogP contribution in [0.3, 0.4) is 0 Å². The maximum absolute atomic E-state index is 6.04. The summed E-state index contributed by atoms with van der Waals surface area (Å²) in [6.45, 7) is 6.28. The number of likely N-dealkylation sites (tertiary alicyclic amines) is 1. The van der Waals surface area contributed by atoms with Gasteiger partial charge in [-0.05, 0) is 56.5 Å². The Kier molecular flexibility index (Phi) is 6.06. The molecule has 0 bridgehead atoms. The summed E-state index contributed by atoms with van der Waals surface area (Å²) in [6.07, 6.45) is 3.85. The van der Waals surface area contributed by atoms with Gasteiger partial charge in [-0.3, -0.25) is 4.90 Å². The average molecular weight is 448 g/mol. The predicted molar refractivity (Wildman–Crippen MR) is 128 cm³/mol. The van der Waals surface area contributed by atoms with Crippen molar-refractivity contribution in [1.29, 1.82) is 0 Å². The van der Waals surface area contributed by atoms with Gasteiger partial charge in [0.05, 0.1) is 0 Å². The van der Waals surface area contributed by atoms with E-state index in [1.165, 1.54) is 30.3 Å². The number of nitrogens with zero attached hydrogens (tertiary/aromatic N) is 4. The van der Waals surface area contributed by atoms with Crippen LogP contribution in [-0.2, 0) is 6.54 Å². The fourth-order valence-electron chi connectivity index (χ4n) is 4.38. The number of piperidine rings is 1. The number of nitrogens with one attached hydrogen (secondary N) is 1. The fraction of sp³-hybridized carbons (Fsp3) is 0.320. The first-order valence-electron chi connectivity index (χ1n) is 11.0. The average Bonchev–Trinajstić information content (AvgIpc) is 3.24. The van der Waals surface area contributed by atoms with E-state index in [0.717, 1.165) is 48.6 Å². The molecule has 1 N–H and O–H groups in total. The largest absolute Gasteiger partial charge is 0.369 e. The summed E-state index contributed by atoms with van der Waals surface area (Å²) in [4.78, 5) is 11.3. The Morgan fingerprint density at radius 2 is 1.91 bits per heavy atom. The van der Waals surface area contributed by atoms with Gasteiger partial charge in [0.2, 0.25) is 0 Å². The molecule has 6 nitrogen and oxygen atoms in total. The molecule has 1 saturated heterocycles. The van der Waals surface area contributed by atoms with Gasteiger partial charge in [-0.25, -0.2) is 4.98 Å². The van der Waals surface area contributed by atoms with E-state index in [1.54, 1.807) is 0 Å². The van der Waals surface area contributed by atoms with Crippen molar-refractivity contribution in [2.24, 2.45) is 5.92 Å². The number of hydrogen-bond acceptors (Lipinski definition) is 6. The zero-order valence-electron chi connectivity index (χ0n) is 18.1. The van der Waals surface area contributed by atoms with Crippen LogP contribution < -0.4 is 5.32 Å². The van der Waals surface area contributed by atoms with Gasteiger partial charge in [-0.1, -0.05) is 58.7 Å². The molecule has 7 heteroatoms. The monoisotopic (exact) mass is 447 g/mol. The second kappa shape index (κ2) is 9.27. The van der Waals surface area contributed by atoms with Crippen LogP contribution in [0.1, 0.15) is 24.0 Å². The summed E-state index contributed by atoms with van der Waals surface area (Å²) >= 11 is 6.04. The Bertz CT molecular complexity index is 1200. The molecule has 1 aliphatic heterocycles. The molecule has 1 fully saturated rings. The Hall–Kier alpha value is -2.96. The number of benzene rings is 2. The Balaban J connectivity index is 1.23. The molecule has 0 atom stereocenters. The van der Waals surface area contributed by atoms with Crippen LogP contribution in [0.2, 0.25) is 5.02 Å². The highest BCUT2D eigenvalue weighted by Crippen LogP contribution is 2.32. The standard InChI is InChI=1S/C25H26ClN5O/c1-17-3-2-4-19(13-17)15-31-11-9-18(10-12-31)14-27-24-22-23(20-5-7-21(26)8-6-20)30-32-25(22)29-16-28-24/h2-8,13,16,18H,9-12,14-15H2,1H3,(H,27,28,29). The lowest BCUT2D eigenvalue weighted by Gasteiger charge is -2.32. The molecule has 0 aliphatic carbocycles. The van der Waals surface area contributed by atoms with Crippen LogP contribution in [0.5, 0.6) is 0 Å². The third kappa shape index (κ3) is 4.61. The van der Waals surface area contributed by atoms with Crippen LogP contribution >= 0.6 is 11.6 Å². The van der Waals surface area contributed by atoms with E-state index in [2.05, 4.69) is 56.5 Å². The summed E-state index contributed by atoms with van der Waals surface area (Å²) in [5.74, 6) is 1.37. The van der Waals surface area contributed by atoms with Gasteiger partial charge in [0.1, 0.15) is 23.2 Å². The van der Waals surface area contributed by atoms with Crippen molar-refractivity contribution in [2.45, 2.75) is 26.3 Å².